The molecular weight excluding hydrogens is 218 g/mol. The standard InChI is InChI=1S/C12H19N3O2/c1-8-10-9(11(16)17-12(2,3)4)7-14-15(10)6-5-13-8/h7-8,13H,5-6H2,1-4H3. The Labute approximate surface area is 101 Å². The van der Waals surface area contributed by atoms with Gasteiger partial charge < -0.3 is 10.1 Å². The van der Waals surface area contributed by atoms with Crippen molar-refractivity contribution in [3.05, 3.63) is 17.5 Å². The van der Waals surface area contributed by atoms with Crippen molar-refractivity contribution in [1.82, 2.24) is 15.1 Å². The van der Waals surface area contributed by atoms with Crippen LogP contribution in [0.2, 0.25) is 0 Å². The van der Waals surface area contributed by atoms with Crippen LogP contribution in [0.4, 0.5) is 0 Å². The maximum absolute atomic E-state index is 12.0. The van der Waals surface area contributed by atoms with Crippen LogP contribution >= 0.6 is 0 Å². The first-order valence-corrected chi connectivity index (χ1v) is 5.91. The zero-order valence-electron chi connectivity index (χ0n) is 10.8. The fraction of sp³-hybridized carbons (Fsp3) is 0.667. The van der Waals surface area contributed by atoms with Crippen molar-refractivity contribution in [2.45, 2.75) is 45.9 Å². The van der Waals surface area contributed by atoms with Gasteiger partial charge >= 0.3 is 5.97 Å². The van der Waals surface area contributed by atoms with E-state index in [4.69, 9.17) is 4.74 Å². The number of hydrogen-bond acceptors (Lipinski definition) is 4. The molecule has 1 aliphatic rings. The van der Waals surface area contributed by atoms with E-state index in [0.717, 1.165) is 18.8 Å². The quantitative estimate of drug-likeness (QED) is 0.752. The molecule has 0 aliphatic carbocycles. The van der Waals surface area contributed by atoms with E-state index in [1.165, 1.54) is 0 Å². The number of nitrogens with one attached hydrogen (secondary N) is 1. The molecule has 1 aromatic rings. The smallest absolute Gasteiger partial charge is 0.342 e. The summed E-state index contributed by atoms with van der Waals surface area (Å²) in [7, 11) is 0. The molecular formula is C12H19N3O2. The molecule has 1 aromatic heterocycles. The van der Waals surface area contributed by atoms with Gasteiger partial charge in [0.2, 0.25) is 0 Å². The highest BCUT2D eigenvalue weighted by Gasteiger charge is 2.27. The van der Waals surface area contributed by atoms with Gasteiger partial charge in [0.05, 0.1) is 18.4 Å². The second-order valence-electron chi connectivity index (χ2n) is 5.34. The maximum Gasteiger partial charge on any atom is 0.342 e. The Morgan fingerprint density at radius 1 is 1.59 bits per heavy atom. The molecule has 17 heavy (non-hydrogen) atoms. The molecule has 0 amide bonds. The van der Waals surface area contributed by atoms with E-state index in [0.29, 0.717) is 5.56 Å². The molecule has 0 radical (unpaired) electrons. The topological polar surface area (TPSA) is 56.2 Å². The van der Waals surface area contributed by atoms with E-state index in [1.54, 1.807) is 6.20 Å². The molecule has 1 unspecified atom stereocenters. The molecule has 0 saturated carbocycles. The molecule has 2 heterocycles. The van der Waals surface area contributed by atoms with Gasteiger partial charge in [-0.15, -0.1) is 0 Å². The number of hydrogen-bond donors (Lipinski definition) is 1. The Hall–Kier alpha value is -1.36. The summed E-state index contributed by atoms with van der Waals surface area (Å²) < 4.78 is 7.25. The lowest BCUT2D eigenvalue weighted by molar-refractivity contribution is 0.00671. The van der Waals surface area contributed by atoms with Crippen LogP contribution in [0.15, 0.2) is 6.20 Å². The molecule has 1 atom stereocenters. The monoisotopic (exact) mass is 237 g/mol. The van der Waals surface area contributed by atoms with Crippen LogP contribution in [0.1, 0.15) is 49.8 Å². The van der Waals surface area contributed by atoms with Crippen molar-refractivity contribution >= 4 is 5.97 Å². The summed E-state index contributed by atoms with van der Waals surface area (Å²) in [5.74, 6) is -0.297. The second-order valence-corrected chi connectivity index (χ2v) is 5.34. The minimum atomic E-state index is -0.475. The van der Waals surface area contributed by atoms with E-state index in [1.807, 2.05) is 32.4 Å². The van der Waals surface area contributed by atoms with E-state index in [2.05, 4.69) is 10.4 Å². The number of carbonyl (C=O) groups is 1. The van der Waals surface area contributed by atoms with Crippen LogP contribution in [-0.4, -0.2) is 27.9 Å². The fourth-order valence-corrected chi connectivity index (χ4v) is 2.00. The summed E-state index contributed by atoms with van der Waals surface area (Å²) in [6.07, 6.45) is 1.60. The Balaban J connectivity index is 2.28. The number of ether oxygens (including phenoxy) is 1. The van der Waals surface area contributed by atoms with Gasteiger partial charge in [-0.1, -0.05) is 0 Å². The van der Waals surface area contributed by atoms with Crippen LogP contribution < -0.4 is 5.32 Å². The van der Waals surface area contributed by atoms with Gasteiger partial charge in [-0.25, -0.2) is 4.79 Å². The SMILES string of the molecule is CC1NCCn2ncc(C(=O)OC(C)(C)C)c21. The predicted molar refractivity (Wildman–Crippen MR) is 63.8 cm³/mol. The summed E-state index contributed by atoms with van der Waals surface area (Å²) in [4.78, 5) is 12.0. The van der Waals surface area contributed by atoms with Gasteiger partial charge in [0.25, 0.3) is 0 Å². The number of aromatic nitrogens is 2. The zero-order chi connectivity index (χ0) is 12.6. The summed E-state index contributed by atoms with van der Waals surface area (Å²) in [5.41, 5.74) is 1.02. The average Bonchev–Trinajstić information content (AvgIpc) is 2.60. The van der Waals surface area contributed by atoms with Crippen LogP contribution in [0.25, 0.3) is 0 Å². The van der Waals surface area contributed by atoms with Crippen molar-refractivity contribution < 1.29 is 9.53 Å². The molecule has 94 valence electrons. The molecule has 0 saturated heterocycles. The van der Waals surface area contributed by atoms with Gasteiger partial charge in [-0.2, -0.15) is 5.10 Å². The minimum Gasteiger partial charge on any atom is -0.456 e. The average molecular weight is 237 g/mol. The van der Waals surface area contributed by atoms with Crippen LogP contribution in [0.5, 0.6) is 0 Å². The number of esters is 1. The summed E-state index contributed by atoms with van der Waals surface area (Å²) in [6.45, 7) is 9.29. The van der Waals surface area contributed by atoms with Gasteiger partial charge in [-0.3, -0.25) is 4.68 Å². The molecule has 5 nitrogen and oxygen atoms in total. The number of rotatable bonds is 1. The van der Waals surface area contributed by atoms with Crippen molar-refractivity contribution in [1.29, 1.82) is 0 Å². The first-order valence-electron chi connectivity index (χ1n) is 5.91. The Bertz CT molecular complexity index is 431. The highest BCUT2D eigenvalue weighted by Crippen LogP contribution is 2.23. The summed E-state index contributed by atoms with van der Waals surface area (Å²) in [5, 5.41) is 7.55. The summed E-state index contributed by atoms with van der Waals surface area (Å²) >= 11 is 0. The maximum atomic E-state index is 12.0. The van der Waals surface area contributed by atoms with Crippen LogP contribution in [0, 0.1) is 0 Å². The fourth-order valence-electron chi connectivity index (χ4n) is 2.00. The molecule has 1 aliphatic heterocycles. The molecule has 0 fully saturated rings. The molecule has 0 aromatic carbocycles. The third-order valence-corrected chi connectivity index (χ3v) is 2.68. The van der Waals surface area contributed by atoms with E-state index in [9.17, 15) is 4.79 Å². The molecule has 0 spiro atoms. The Morgan fingerprint density at radius 2 is 2.29 bits per heavy atom. The van der Waals surface area contributed by atoms with Gasteiger partial charge in [0, 0.05) is 12.6 Å². The predicted octanol–water partition coefficient (Wildman–Crippen LogP) is 1.50. The van der Waals surface area contributed by atoms with Gasteiger partial charge in [0.15, 0.2) is 0 Å². The second kappa shape index (κ2) is 4.14. The lowest BCUT2D eigenvalue weighted by atomic mass is 10.1. The number of fused-ring (bicyclic) bond motifs is 1. The third-order valence-electron chi connectivity index (χ3n) is 2.68. The number of nitrogens with zero attached hydrogens (tertiary/aromatic N) is 2. The lowest BCUT2D eigenvalue weighted by Crippen LogP contribution is -2.33. The highest BCUT2D eigenvalue weighted by atomic mass is 16.6. The number of carbonyl (C=O) groups excluding carboxylic acids is 1. The van der Waals surface area contributed by atoms with Gasteiger partial charge in [-0.05, 0) is 27.7 Å². The third kappa shape index (κ3) is 2.49. The minimum absolute atomic E-state index is 0.133. The van der Waals surface area contributed by atoms with Crippen molar-refractivity contribution in [2.24, 2.45) is 0 Å². The van der Waals surface area contributed by atoms with E-state index >= 15 is 0 Å². The zero-order valence-corrected chi connectivity index (χ0v) is 10.8. The molecule has 0 bridgehead atoms. The van der Waals surface area contributed by atoms with Crippen molar-refractivity contribution in [3.8, 4) is 0 Å². The molecule has 2 rings (SSSR count). The molecule has 5 heteroatoms. The first-order chi connectivity index (χ1) is 7.88. The summed E-state index contributed by atoms with van der Waals surface area (Å²) in [6, 6.07) is 0.133. The molecule has 1 N–H and O–H groups in total. The van der Waals surface area contributed by atoms with E-state index < -0.39 is 5.60 Å². The van der Waals surface area contributed by atoms with Crippen LogP contribution in [-0.2, 0) is 11.3 Å². The van der Waals surface area contributed by atoms with Crippen LogP contribution in [0.3, 0.4) is 0 Å². The van der Waals surface area contributed by atoms with E-state index in [-0.39, 0.29) is 12.0 Å². The normalized spacial score (nSPS) is 19.9. The van der Waals surface area contributed by atoms with Gasteiger partial charge in [0.1, 0.15) is 11.2 Å². The largest absolute Gasteiger partial charge is 0.456 e. The highest BCUT2D eigenvalue weighted by molar-refractivity contribution is 5.90. The van der Waals surface area contributed by atoms with Crippen molar-refractivity contribution in [3.63, 3.8) is 0 Å². The Morgan fingerprint density at radius 3 is 2.94 bits per heavy atom. The first kappa shape index (κ1) is 12.1. The van der Waals surface area contributed by atoms with Crippen molar-refractivity contribution in [2.75, 3.05) is 6.54 Å². The Kier molecular flexibility index (Phi) is 2.95. The lowest BCUT2D eigenvalue weighted by Gasteiger charge is -2.24.